The second kappa shape index (κ2) is 8.60. The minimum absolute atomic E-state index is 0.538. The van der Waals surface area contributed by atoms with Crippen LogP contribution >= 0.6 is 11.6 Å². The summed E-state index contributed by atoms with van der Waals surface area (Å²) in [5, 5.41) is 13.8. The SMILES string of the molecule is COc1cc(-c2cccc(C)c2)c2cc(C(O)(c3ccc(Cl)cc3)c3cncn3C)ccc2n1. The molecule has 1 N–H and O–H groups in total. The summed E-state index contributed by atoms with van der Waals surface area (Å²) in [4.78, 5) is 8.92. The molecule has 34 heavy (non-hydrogen) atoms. The highest BCUT2D eigenvalue weighted by Crippen LogP contribution is 2.40. The highest BCUT2D eigenvalue weighted by atomic mass is 35.5. The molecule has 0 saturated heterocycles. The molecule has 1 unspecified atom stereocenters. The van der Waals surface area contributed by atoms with E-state index < -0.39 is 5.60 Å². The van der Waals surface area contributed by atoms with E-state index >= 15 is 0 Å². The summed E-state index contributed by atoms with van der Waals surface area (Å²) in [6.45, 7) is 2.07. The second-order valence-electron chi connectivity index (χ2n) is 8.42. The molecule has 0 fully saturated rings. The molecule has 0 radical (unpaired) electrons. The lowest BCUT2D eigenvalue weighted by Gasteiger charge is -2.30. The molecule has 170 valence electrons. The van der Waals surface area contributed by atoms with Gasteiger partial charge in [-0.15, -0.1) is 0 Å². The van der Waals surface area contributed by atoms with Crippen LogP contribution in [0.15, 0.2) is 85.3 Å². The third-order valence-electron chi connectivity index (χ3n) is 6.19. The standard InChI is InChI=1S/C28H24ClN3O2/c1-18-5-4-6-19(13-18)23-15-27(34-3)31-25-12-9-21(14-24(23)25)28(33,26-16-30-17-32(26)2)20-7-10-22(29)11-8-20/h4-17,33H,1-3H3. The number of fused-ring (bicyclic) bond motifs is 1. The summed E-state index contributed by atoms with van der Waals surface area (Å²) in [7, 11) is 3.49. The molecule has 2 heterocycles. The van der Waals surface area contributed by atoms with Crippen molar-refractivity contribution in [2.24, 2.45) is 7.05 Å². The van der Waals surface area contributed by atoms with E-state index in [9.17, 15) is 5.11 Å². The molecule has 3 aromatic carbocycles. The van der Waals surface area contributed by atoms with Crippen molar-refractivity contribution in [3.63, 3.8) is 0 Å². The smallest absolute Gasteiger partial charge is 0.214 e. The first-order chi connectivity index (χ1) is 16.4. The largest absolute Gasteiger partial charge is 0.481 e. The Morgan fingerprint density at radius 3 is 2.41 bits per heavy atom. The van der Waals surface area contributed by atoms with E-state index in [1.165, 1.54) is 0 Å². The number of aromatic nitrogens is 3. The summed E-state index contributed by atoms with van der Waals surface area (Å²) in [6, 6.07) is 23.3. The number of nitrogens with zero attached hydrogens (tertiary/aromatic N) is 3. The van der Waals surface area contributed by atoms with Crippen LogP contribution in [0.25, 0.3) is 22.0 Å². The molecule has 0 aliphatic rings. The summed E-state index contributed by atoms with van der Waals surface area (Å²) >= 11 is 6.15. The molecular formula is C28H24ClN3O2. The van der Waals surface area contributed by atoms with Crippen LogP contribution in [0.4, 0.5) is 0 Å². The van der Waals surface area contributed by atoms with Crippen molar-refractivity contribution >= 4 is 22.5 Å². The van der Waals surface area contributed by atoms with Crippen LogP contribution < -0.4 is 4.74 Å². The molecule has 0 aliphatic heterocycles. The topological polar surface area (TPSA) is 60.2 Å². The fourth-order valence-corrected chi connectivity index (χ4v) is 4.57. The zero-order valence-electron chi connectivity index (χ0n) is 19.2. The van der Waals surface area contributed by atoms with E-state index in [2.05, 4.69) is 35.1 Å². The molecule has 5 nitrogen and oxygen atoms in total. The number of benzene rings is 3. The average molecular weight is 470 g/mol. The predicted octanol–water partition coefficient (Wildman–Crippen LogP) is 5.89. The van der Waals surface area contributed by atoms with E-state index in [1.807, 2.05) is 54.1 Å². The molecule has 2 aromatic heterocycles. The van der Waals surface area contributed by atoms with Crippen LogP contribution in [0.2, 0.25) is 5.02 Å². The Labute approximate surface area is 203 Å². The Hall–Kier alpha value is -3.67. The summed E-state index contributed by atoms with van der Waals surface area (Å²) in [5.41, 5.74) is 4.56. The van der Waals surface area contributed by atoms with Gasteiger partial charge in [0.05, 0.1) is 30.8 Å². The third kappa shape index (κ3) is 3.73. The normalized spacial score (nSPS) is 13.1. The number of aryl methyl sites for hydroxylation is 2. The molecule has 0 spiro atoms. The van der Waals surface area contributed by atoms with Crippen LogP contribution in [0.5, 0.6) is 5.88 Å². The van der Waals surface area contributed by atoms with Crippen LogP contribution in [0.1, 0.15) is 22.4 Å². The first-order valence-corrected chi connectivity index (χ1v) is 11.3. The van der Waals surface area contributed by atoms with Gasteiger partial charge in [0.15, 0.2) is 5.60 Å². The van der Waals surface area contributed by atoms with Crippen molar-refractivity contribution in [3.8, 4) is 17.0 Å². The van der Waals surface area contributed by atoms with E-state index in [-0.39, 0.29) is 0 Å². The maximum absolute atomic E-state index is 12.3. The lowest BCUT2D eigenvalue weighted by Crippen LogP contribution is -2.31. The first kappa shape index (κ1) is 22.1. The fourth-order valence-electron chi connectivity index (χ4n) is 4.44. The molecule has 0 amide bonds. The quantitative estimate of drug-likeness (QED) is 0.348. The molecule has 0 saturated carbocycles. The number of hydrogen-bond acceptors (Lipinski definition) is 4. The van der Waals surface area contributed by atoms with E-state index in [0.29, 0.717) is 27.7 Å². The maximum atomic E-state index is 12.3. The third-order valence-corrected chi connectivity index (χ3v) is 6.44. The molecule has 1 atom stereocenters. The molecule has 6 heteroatoms. The van der Waals surface area contributed by atoms with Gasteiger partial charge in [-0.1, -0.05) is 59.6 Å². The fraction of sp³-hybridized carbons (Fsp3) is 0.143. The number of pyridine rings is 1. The lowest BCUT2D eigenvalue weighted by molar-refractivity contribution is 0.117. The molecular weight excluding hydrogens is 446 g/mol. The lowest BCUT2D eigenvalue weighted by atomic mass is 9.82. The van der Waals surface area contributed by atoms with Gasteiger partial charge in [-0.3, -0.25) is 0 Å². The van der Waals surface area contributed by atoms with Gasteiger partial charge in [0.25, 0.3) is 0 Å². The summed E-state index contributed by atoms with van der Waals surface area (Å²) < 4.78 is 7.31. The van der Waals surface area contributed by atoms with Gasteiger partial charge < -0.3 is 14.4 Å². The Morgan fingerprint density at radius 1 is 0.971 bits per heavy atom. The van der Waals surface area contributed by atoms with Gasteiger partial charge in [0.1, 0.15) is 0 Å². The molecule has 0 bridgehead atoms. The average Bonchev–Trinajstić information content (AvgIpc) is 3.29. The highest BCUT2D eigenvalue weighted by Gasteiger charge is 2.37. The van der Waals surface area contributed by atoms with E-state index in [1.54, 1.807) is 31.8 Å². The van der Waals surface area contributed by atoms with Crippen molar-refractivity contribution in [1.82, 2.24) is 14.5 Å². The minimum atomic E-state index is -1.45. The zero-order valence-corrected chi connectivity index (χ0v) is 19.9. The minimum Gasteiger partial charge on any atom is -0.481 e. The molecule has 5 rings (SSSR count). The van der Waals surface area contributed by atoms with Gasteiger partial charge in [0.2, 0.25) is 5.88 Å². The number of hydrogen-bond donors (Lipinski definition) is 1. The van der Waals surface area contributed by atoms with Gasteiger partial charge in [-0.2, -0.15) is 0 Å². The molecule has 0 aliphatic carbocycles. The molecule has 5 aromatic rings. The maximum Gasteiger partial charge on any atom is 0.214 e. The Balaban J connectivity index is 1.80. The number of imidazole rings is 1. The first-order valence-electron chi connectivity index (χ1n) is 10.9. The van der Waals surface area contributed by atoms with E-state index in [0.717, 1.165) is 27.6 Å². The van der Waals surface area contributed by atoms with Crippen molar-refractivity contribution in [2.45, 2.75) is 12.5 Å². The van der Waals surface area contributed by atoms with Gasteiger partial charge in [-0.05, 0) is 53.4 Å². The van der Waals surface area contributed by atoms with Gasteiger partial charge in [0, 0.05) is 23.5 Å². The number of methoxy groups -OCH3 is 1. The Morgan fingerprint density at radius 2 is 1.74 bits per heavy atom. The summed E-state index contributed by atoms with van der Waals surface area (Å²) in [6.07, 6.45) is 3.37. The van der Waals surface area contributed by atoms with Crippen LogP contribution in [0.3, 0.4) is 0 Å². The van der Waals surface area contributed by atoms with Crippen LogP contribution in [0, 0.1) is 6.92 Å². The van der Waals surface area contributed by atoms with Crippen molar-refractivity contribution < 1.29 is 9.84 Å². The Bertz CT molecular complexity index is 1490. The second-order valence-corrected chi connectivity index (χ2v) is 8.86. The Kier molecular flexibility index (Phi) is 5.60. The number of halogens is 1. The highest BCUT2D eigenvalue weighted by molar-refractivity contribution is 6.30. The number of aliphatic hydroxyl groups is 1. The van der Waals surface area contributed by atoms with Gasteiger partial charge in [-0.25, -0.2) is 9.97 Å². The van der Waals surface area contributed by atoms with Crippen LogP contribution in [-0.2, 0) is 12.6 Å². The van der Waals surface area contributed by atoms with Crippen molar-refractivity contribution in [3.05, 3.63) is 113 Å². The van der Waals surface area contributed by atoms with Crippen LogP contribution in [-0.4, -0.2) is 26.8 Å². The summed E-state index contributed by atoms with van der Waals surface area (Å²) in [5.74, 6) is 0.538. The van der Waals surface area contributed by atoms with E-state index in [4.69, 9.17) is 16.3 Å². The predicted molar refractivity (Wildman–Crippen MR) is 135 cm³/mol. The van der Waals surface area contributed by atoms with Crippen molar-refractivity contribution in [1.29, 1.82) is 0 Å². The number of rotatable bonds is 5. The van der Waals surface area contributed by atoms with Crippen molar-refractivity contribution in [2.75, 3.05) is 7.11 Å². The monoisotopic (exact) mass is 469 g/mol. The van der Waals surface area contributed by atoms with Gasteiger partial charge >= 0.3 is 0 Å². The zero-order chi connectivity index (χ0) is 23.9. The number of ether oxygens (including phenoxy) is 1.